The van der Waals surface area contributed by atoms with E-state index in [1.165, 1.54) is 5.56 Å². The predicted molar refractivity (Wildman–Crippen MR) is 99.6 cm³/mol. The van der Waals surface area contributed by atoms with E-state index in [-0.39, 0.29) is 17.5 Å². The van der Waals surface area contributed by atoms with Crippen molar-refractivity contribution in [3.63, 3.8) is 0 Å². The summed E-state index contributed by atoms with van der Waals surface area (Å²) in [7, 11) is -3.48. The molecular weight excluding hydrogens is 371 g/mol. The van der Waals surface area contributed by atoms with E-state index in [1.54, 1.807) is 0 Å². The number of carbonyl (C=O) groups excluding carboxylic acids is 2. The normalized spacial score (nSPS) is 26.4. The Morgan fingerprint density at radius 2 is 1.89 bits per heavy atom. The van der Waals surface area contributed by atoms with Crippen LogP contribution in [0.3, 0.4) is 0 Å². The van der Waals surface area contributed by atoms with E-state index >= 15 is 0 Å². The van der Waals surface area contributed by atoms with Crippen LogP contribution in [-0.4, -0.2) is 43.4 Å². The van der Waals surface area contributed by atoms with Crippen molar-refractivity contribution in [2.75, 3.05) is 11.5 Å². The van der Waals surface area contributed by atoms with Gasteiger partial charge in [0.1, 0.15) is 0 Å². The van der Waals surface area contributed by atoms with Crippen molar-refractivity contribution in [2.24, 2.45) is 5.92 Å². The maximum absolute atomic E-state index is 13.8. The molecule has 6 nitrogen and oxygen atoms in total. The first-order valence-corrected chi connectivity index (χ1v) is 10.9. The van der Waals surface area contributed by atoms with Crippen molar-refractivity contribution >= 4 is 21.7 Å². The number of sulfone groups is 1. The summed E-state index contributed by atoms with van der Waals surface area (Å²) in [5.74, 6) is -2.95. The van der Waals surface area contributed by atoms with Gasteiger partial charge >= 0.3 is 0 Å². The standard InChI is InChI=1S/C19H25FN2O4S/c1-11-4-6-13-12(8-11)5-7-15(13)21-17(23)14-9-27(25,26)10-16(14)22-18(24)19(2,3)20/h4,6,8,14-16H,5,7,9-10H2,1-3H3,(H,21,23)(H,22,24)/t14-,15?,16-/m1/s1. The van der Waals surface area contributed by atoms with Crippen molar-refractivity contribution in [3.05, 3.63) is 34.9 Å². The molecule has 27 heavy (non-hydrogen) atoms. The molecule has 0 aromatic heterocycles. The van der Waals surface area contributed by atoms with Gasteiger partial charge in [-0.25, -0.2) is 12.8 Å². The zero-order chi connectivity index (χ0) is 20.0. The summed E-state index contributed by atoms with van der Waals surface area (Å²) in [6.45, 7) is 4.20. The fourth-order valence-electron chi connectivity index (χ4n) is 3.76. The number of hydrogen-bond donors (Lipinski definition) is 2. The number of hydrogen-bond acceptors (Lipinski definition) is 4. The van der Waals surface area contributed by atoms with Crippen LogP contribution in [0.2, 0.25) is 0 Å². The van der Waals surface area contributed by atoms with E-state index in [9.17, 15) is 22.4 Å². The second-order valence-corrected chi connectivity index (χ2v) is 10.2. The molecule has 2 aliphatic rings. The van der Waals surface area contributed by atoms with Crippen LogP contribution >= 0.6 is 0 Å². The summed E-state index contributed by atoms with van der Waals surface area (Å²) < 4.78 is 37.9. The molecule has 1 aliphatic carbocycles. The van der Waals surface area contributed by atoms with E-state index in [4.69, 9.17) is 0 Å². The number of amides is 2. The molecule has 1 unspecified atom stereocenters. The van der Waals surface area contributed by atoms with Gasteiger partial charge < -0.3 is 10.6 Å². The average molecular weight is 396 g/mol. The molecule has 2 N–H and O–H groups in total. The Kier molecular flexibility index (Phi) is 5.05. The highest BCUT2D eigenvalue weighted by atomic mass is 32.2. The number of benzene rings is 1. The summed E-state index contributed by atoms with van der Waals surface area (Å²) in [4.78, 5) is 24.7. The Morgan fingerprint density at radius 3 is 2.56 bits per heavy atom. The van der Waals surface area contributed by atoms with Crippen molar-refractivity contribution < 1.29 is 22.4 Å². The Hall–Kier alpha value is -1.96. The van der Waals surface area contributed by atoms with Crippen LogP contribution in [0.1, 0.15) is 43.0 Å². The Balaban J connectivity index is 1.74. The van der Waals surface area contributed by atoms with Crippen molar-refractivity contribution in [1.82, 2.24) is 10.6 Å². The zero-order valence-corrected chi connectivity index (χ0v) is 16.5. The Morgan fingerprint density at radius 1 is 1.19 bits per heavy atom. The third-order valence-corrected chi connectivity index (χ3v) is 6.97. The summed E-state index contributed by atoms with van der Waals surface area (Å²) in [6.07, 6.45) is 1.60. The van der Waals surface area contributed by atoms with Gasteiger partial charge in [-0.1, -0.05) is 23.8 Å². The maximum Gasteiger partial charge on any atom is 0.257 e. The lowest BCUT2D eigenvalue weighted by molar-refractivity contribution is -0.132. The minimum atomic E-state index is -3.48. The third-order valence-electron chi connectivity index (χ3n) is 5.24. The number of rotatable bonds is 4. The minimum Gasteiger partial charge on any atom is -0.349 e. The molecule has 3 rings (SSSR count). The molecule has 1 saturated heterocycles. The molecule has 0 radical (unpaired) electrons. The summed E-state index contributed by atoms with van der Waals surface area (Å²) in [5, 5.41) is 5.33. The summed E-state index contributed by atoms with van der Waals surface area (Å²) >= 11 is 0. The number of halogens is 1. The average Bonchev–Trinajstić information content (AvgIpc) is 3.06. The van der Waals surface area contributed by atoms with Crippen LogP contribution in [-0.2, 0) is 25.8 Å². The van der Waals surface area contributed by atoms with Crippen LogP contribution in [0, 0.1) is 12.8 Å². The molecule has 148 valence electrons. The highest BCUT2D eigenvalue weighted by molar-refractivity contribution is 7.91. The Bertz CT molecular complexity index is 876. The van der Waals surface area contributed by atoms with Gasteiger partial charge in [0.15, 0.2) is 15.5 Å². The van der Waals surface area contributed by atoms with Gasteiger partial charge in [0.05, 0.1) is 29.5 Å². The largest absolute Gasteiger partial charge is 0.349 e. The monoisotopic (exact) mass is 396 g/mol. The lowest BCUT2D eigenvalue weighted by Gasteiger charge is -2.24. The van der Waals surface area contributed by atoms with Crippen LogP contribution in [0.15, 0.2) is 18.2 Å². The fourth-order valence-corrected chi connectivity index (χ4v) is 5.69. The number of fused-ring (bicyclic) bond motifs is 1. The van der Waals surface area contributed by atoms with Gasteiger partial charge in [-0.15, -0.1) is 0 Å². The molecule has 8 heteroatoms. The number of alkyl halides is 1. The number of carbonyl (C=O) groups is 2. The molecule has 1 heterocycles. The first-order chi connectivity index (χ1) is 12.5. The predicted octanol–water partition coefficient (Wildman–Crippen LogP) is 1.38. The highest BCUT2D eigenvalue weighted by Gasteiger charge is 2.45. The molecule has 1 aromatic carbocycles. The molecule has 1 aromatic rings. The van der Waals surface area contributed by atoms with E-state index in [0.717, 1.165) is 37.8 Å². The highest BCUT2D eigenvalue weighted by Crippen LogP contribution is 2.32. The van der Waals surface area contributed by atoms with Gasteiger partial charge in [-0.3, -0.25) is 9.59 Å². The molecule has 1 fully saturated rings. The van der Waals surface area contributed by atoms with Crippen LogP contribution in [0.5, 0.6) is 0 Å². The van der Waals surface area contributed by atoms with Gasteiger partial charge in [-0.05, 0) is 44.7 Å². The molecule has 2 amide bonds. The van der Waals surface area contributed by atoms with Crippen LogP contribution in [0.25, 0.3) is 0 Å². The molecule has 0 bridgehead atoms. The Labute approximate surface area is 158 Å². The van der Waals surface area contributed by atoms with Crippen LogP contribution in [0.4, 0.5) is 4.39 Å². The minimum absolute atomic E-state index is 0.176. The van der Waals surface area contributed by atoms with E-state index < -0.39 is 39.3 Å². The number of aryl methyl sites for hydroxylation is 2. The second kappa shape index (κ2) is 6.89. The molecular formula is C19H25FN2O4S. The van der Waals surface area contributed by atoms with Crippen LogP contribution < -0.4 is 10.6 Å². The summed E-state index contributed by atoms with van der Waals surface area (Å²) in [6, 6.07) is 4.96. The molecule has 0 saturated carbocycles. The quantitative estimate of drug-likeness (QED) is 0.804. The van der Waals surface area contributed by atoms with E-state index in [1.807, 2.05) is 19.1 Å². The molecule has 1 aliphatic heterocycles. The zero-order valence-electron chi connectivity index (χ0n) is 15.7. The summed E-state index contributed by atoms with van der Waals surface area (Å²) in [5.41, 5.74) is 1.23. The van der Waals surface area contributed by atoms with Gasteiger partial charge in [-0.2, -0.15) is 0 Å². The molecule has 3 atom stereocenters. The topological polar surface area (TPSA) is 92.3 Å². The lowest BCUT2D eigenvalue weighted by Crippen LogP contribution is -2.50. The lowest BCUT2D eigenvalue weighted by atomic mass is 10.00. The second-order valence-electron chi connectivity index (χ2n) is 8.04. The first-order valence-electron chi connectivity index (χ1n) is 9.06. The number of nitrogens with one attached hydrogen (secondary N) is 2. The van der Waals surface area contributed by atoms with E-state index in [0.29, 0.717) is 0 Å². The smallest absolute Gasteiger partial charge is 0.257 e. The SMILES string of the molecule is Cc1ccc2c(c1)CCC2NC(=O)[C@@H]1CS(=O)(=O)C[C@H]1NC(=O)C(C)(C)F. The maximum atomic E-state index is 13.8. The van der Waals surface area contributed by atoms with Gasteiger partial charge in [0, 0.05) is 0 Å². The third kappa shape index (κ3) is 4.31. The first kappa shape index (κ1) is 19.8. The van der Waals surface area contributed by atoms with Gasteiger partial charge in [0.2, 0.25) is 5.91 Å². The fraction of sp³-hybridized carbons (Fsp3) is 0.579. The van der Waals surface area contributed by atoms with Crippen molar-refractivity contribution in [1.29, 1.82) is 0 Å². The van der Waals surface area contributed by atoms with Crippen molar-refractivity contribution in [2.45, 2.75) is 51.4 Å². The molecule has 0 spiro atoms. The van der Waals surface area contributed by atoms with Gasteiger partial charge in [0.25, 0.3) is 5.91 Å². The van der Waals surface area contributed by atoms with Crippen molar-refractivity contribution in [3.8, 4) is 0 Å². The van der Waals surface area contributed by atoms with E-state index in [2.05, 4.69) is 16.7 Å².